The van der Waals surface area contributed by atoms with Crippen LogP contribution in [0.5, 0.6) is 11.5 Å². The number of benzene rings is 2. The number of carbonyl (C=O) groups is 2. The fourth-order valence-corrected chi connectivity index (χ4v) is 3.84. The highest BCUT2D eigenvalue weighted by Gasteiger charge is 2.42. The number of fused-ring (bicyclic) bond motifs is 1. The van der Waals surface area contributed by atoms with Crippen LogP contribution in [0.3, 0.4) is 0 Å². The molecule has 2 atom stereocenters. The molecule has 2 fully saturated rings. The van der Waals surface area contributed by atoms with Crippen molar-refractivity contribution in [3.8, 4) is 11.5 Å². The van der Waals surface area contributed by atoms with Gasteiger partial charge in [-0.25, -0.2) is 4.39 Å². The van der Waals surface area contributed by atoms with Gasteiger partial charge >= 0.3 is 0 Å². The first-order chi connectivity index (χ1) is 13.5. The molecule has 2 aliphatic heterocycles. The van der Waals surface area contributed by atoms with Crippen LogP contribution >= 0.6 is 0 Å². The number of hydrogen-bond donors (Lipinski definition) is 2. The van der Waals surface area contributed by atoms with Crippen LogP contribution in [0, 0.1) is 11.7 Å². The molecule has 0 radical (unpaired) electrons. The van der Waals surface area contributed by atoms with E-state index in [9.17, 15) is 14.0 Å². The van der Waals surface area contributed by atoms with Gasteiger partial charge in [0.15, 0.2) is 0 Å². The molecule has 0 spiro atoms. The minimum absolute atomic E-state index is 0.0150. The van der Waals surface area contributed by atoms with E-state index in [-0.39, 0.29) is 29.3 Å². The first kappa shape index (κ1) is 18.4. The smallest absolute Gasteiger partial charge is 0.257 e. The molecule has 2 amide bonds. The zero-order valence-corrected chi connectivity index (χ0v) is 15.4. The summed E-state index contributed by atoms with van der Waals surface area (Å²) in [7, 11) is 0. The van der Waals surface area contributed by atoms with E-state index in [1.165, 1.54) is 18.2 Å². The molecule has 2 aliphatic rings. The molecule has 2 heterocycles. The quantitative estimate of drug-likeness (QED) is 0.828. The van der Waals surface area contributed by atoms with Crippen LogP contribution in [0.15, 0.2) is 42.5 Å². The van der Waals surface area contributed by atoms with E-state index in [1.54, 1.807) is 4.90 Å². The second kappa shape index (κ2) is 7.59. The second-order valence-corrected chi connectivity index (χ2v) is 7.27. The maximum absolute atomic E-state index is 14.3. The van der Waals surface area contributed by atoms with Gasteiger partial charge < -0.3 is 20.7 Å². The van der Waals surface area contributed by atoms with E-state index in [4.69, 9.17) is 10.5 Å². The summed E-state index contributed by atoms with van der Waals surface area (Å²) in [6.07, 6.45) is 1.20. The summed E-state index contributed by atoms with van der Waals surface area (Å²) in [5.74, 6) is 0.141. The van der Waals surface area contributed by atoms with Gasteiger partial charge in [-0.3, -0.25) is 9.59 Å². The van der Waals surface area contributed by atoms with Gasteiger partial charge in [0.25, 0.3) is 5.91 Å². The molecule has 0 bridgehead atoms. The van der Waals surface area contributed by atoms with Gasteiger partial charge in [0.05, 0.1) is 11.6 Å². The van der Waals surface area contributed by atoms with Crippen molar-refractivity contribution in [1.82, 2.24) is 10.2 Å². The summed E-state index contributed by atoms with van der Waals surface area (Å²) < 4.78 is 20.1. The number of amides is 2. The summed E-state index contributed by atoms with van der Waals surface area (Å²) in [5, 5.41) is 2.87. The summed E-state index contributed by atoms with van der Waals surface area (Å²) in [5.41, 5.74) is 6.63. The van der Waals surface area contributed by atoms with Crippen molar-refractivity contribution in [3.63, 3.8) is 0 Å². The Bertz CT molecular complexity index is 884. The van der Waals surface area contributed by atoms with Crippen LogP contribution in [0.1, 0.15) is 22.3 Å². The van der Waals surface area contributed by atoms with E-state index < -0.39 is 5.82 Å². The Labute approximate surface area is 162 Å². The molecule has 28 heavy (non-hydrogen) atoms. The first-order valence-electron chi connectivity index (χ1n) is 9.38. The number of nitrogens with two attached hydrogens (primary N) is 1. The Morgan fingerprint density at radius 2 is 1.93 bits per heavy atom. The highest BCUT2D eigenvalue weighted by molar-refractivity contribution is 5.95. The second-order valence-electron chi connectivity index (χ2n) is 7.27. The largest absolute Gasteiger partial charge is 0.457 e. The maximum Gasteiger partial charge on any atom is 0.257 e. The van der Waals surface area contributed by atoms with Crippen molar-refractivity contribution in [2.24, 2.45) is 11.7 Å². The third-order valence-electron chi connectivity index (χ3n) is 5.28. The van der Waals surface area contributed by atoms with Crippen molar-refractivity contribution < 1.29 is 18.7 Å². The summed E-state index contributed by atoms with van der Waals surface area (Å²) in [4.78, 5) is 25.8. The van der Waals surface area contributed by atoms with Gasteiger partial charge in [-0.1, -0.05) is 12.1 Å². The lowest BCUT2D eigenvalue weighted by Crippen LogP contribution is -2.35. The Morgan fingerprint density at radius 1 is 1.18 bits per heavy atom. The molecular formula is C21H22FN3O3. The zero-order valence-electron chi connectivity index (χ0n) is 15.4. The number of nitrogens with one attached hydrogen (secondary N) is 1. The van der Waals surface area contributed by atoms with Gasteiger partial charge in [-0.2, -0.15) is 0 Å². The van der Waals surface area contributed by atoms with Gasteiger partial charge in [-0.05, 0) is 48.9 Å². The average molecular weight is 383 g/mol. The van der Waals surface area contributed by atoms with E-state index >= 15 is 0 Å². The van der Waals surface area contributed by atoms with Crippen LogP contribution in [0.25, 0.3) is 0 Å². The molecule has 3 N–H and O–H groups in total. The SMILES string of the molecule is NCCc1ccc(Oc2ccc(F)c(C(=O)N3C[C@@H]4CC(=O)N[C@@H]4C3)c2)cc1. The summed E-state index contributed by atoms with van der Waals surface area (Å²) in [6.45, 7) is 1.43. The lowest BCUT2D eigenvalue weighted by molar-refractivity contribution is -0.119. The molecule has 2 aromatic carbocycles. The van der Waals surface area contributed by atoms with Crippen LogP contribution in [0.4, 0.5) is 4.39 Å². The number of nitrogens with zero attached hydrogens (tertiary/aromatic N) is 1. The van der Waals surface area contributed by atoms with Crippen LogP contribution in [-0.4, -0.2) is 42.4 Å². The molecular weight excluding hydrogens is 361 g/mol. The van der Waals surface area contributed by atoms with Crippen molar-refractivity contribution in [1.29, 1.82) is 0 Å². The Kier molecular flexibility index (Phi) is 5.00. The Balaban J connectivity index is 1.48. The van der Waals surface area contributed by atoms with Crippen LogP contribution in [0.2, 0.25) is 0 Å². The fourth-order valence-electron chi connectivity index (χ4n) is 3.84. The van der Waals surface area contributed by atoms with Crippen LogP contribution in [-0.2, 0) is 11.2 Å². The van der Waals surface area contributed by atoms with E-state index in [0.717, 1.165) is 12.0 Å². The molecule has 146 valence electrons. The minimum atomic E-state index is -0.586. The number of carbonyl (C=O) groups excluding carboxylic acids is 2. The number of rotatable bonds is 5. The van der Waals surface area contributed by atoms with Crippen molar-refractivity contribution in [2.75, 3.05) is 19.6 Å². The zero-order chi connectivity index (χ0) is 19.7. The van der Waals surface area contributed by atoms with Gasteiger partial charge in [0, 0.05) is 25.4 Å². The number of hydrogen-bond acceptors (Lipinski definition) is 4. The molecule has 0 aromatic heterocycles. The maximum atomic E-state index is 14.3. The molecule has 7 heteroatoms. The predicted octanol–water partition coefficient (Wildman–Crippen LogP) is 2.08. The highest BCUT2D eigenvalue weighted by Crippen LogP contribution is 2.29. The summed E-state index contributed by atoms with van der Waals surface area (Å²) in [6, 6.07) is 11.6. The molecule has 0 unspecified atom stereocenters. The van der Waals surface area contributed by atoms with Gasteiger partial charge in [0.2, 0.25) is 5.91 Å². The minimum Gasteiger partial charge on any atom is -0.457 e. The highest BCUT2D eigenvalue weighted by atomic mass is 19.1. The molecule has 6 nitrogen and oxygen atoms in total. The molecule has 2 aromatic rings. The third-order valence-corrected chi connectivity index (χ3v) is 5.28. The van der Waals surface area contributed by atoms with E-state index in [0.29, 0.717) is 37.6 Å². The van der Waals surface area contributed by atoms with E-state index in [1.807, 2.05) is 24.3 Å². The van der Waals surface area contributed by atoms with Crippen molar-refractivity contribution in [3.05, 3.63) is 59.4 Å². The lowest BCUT2D eigenvalue weighted by atomic mass is 10.1. The molecule has 2 saturated heterocycles. The topological polar surface area (TPSA) is 84.7 Å². The van der Waals surface area contributed by atoms with Gasteiger partial charge in [0.1, 0.15) is 17.3 Å². The monoisotopic (exact) mass is 383 g/mol. The summed E-state index contributed by atoms with van der Waals surface area (Å²) >= 11 is 0. The third kappa shape index (κ3) is 3.71. The van der Waals surface area contributed by atoms with Crippen molar-refractivity contribution >= 4 is 11.8 Å². The number of likely N-dealkylation sites (tertiary alicyclic amines) is 1. The standard InChI is InChI=1S/C21H22FN3O3/c22-18-6-5-16(28-15-3-1-13(2-4-15)7-8-23)10-17(18)21(27)25-11-14-9-20(26)24-19(14)12-25/h1-6,10,14,19H,7-9,11-12,23H2,(H,24,26)/t14-,19+/m0/s1. The number of ether oxygens (including phenoxy) is 1. The number of halogens is 1. The fraction of sp³-hybridized carbons (Fsp3) is 0.333. The normalized spacial score (nSPS) is 20.8. The molecule has 4 rings (SSSR count). The Hall–Kier alpha value is -2.93. The van der Waals surface area contributed by atoms with Gasteiger partial charge in [-0.15, -0.1) is 0 Å². The first-order valence-corrected chi connectivity index (χ1v) is 9.38. The predicted molar refractivity (Wildman–Crippen MR) is 102 cm³/mol. The lowest BCUT2D eigenvalue weighted by Gasteiger charge is -2.18. The van der Waals surface area contributed by atoms with E-state index in [2.05, 4.69) is 5.32 Å². The molecule has 0 saturated carbocycles. The molecule has 0 aliphatic carbocycles. The van der Waals surface area contributed by atoms with Crippen LogP contribution < -0.4 is 15.8 Å². The average Bonchev–Trinajstić information content (AvgIpc) is 3.22. The van der Waals surface area contributed by atoms with Crippen molar-refractivity contribution in [2.45, 2.75) is 18.9 Å². The Morgan fingerprint density at radius 3 is 2.64 bits per heavy atom.